The van der Waals surface area contributed by atoms with Crippen molar-refractivity contribution in [2.24, 2.45) is 11.8 Å². The summed E-state index contributed by atoms with van der Waals surface area (Å²) in [7, 11) is 0. The molecule has 0 bridgehead atoms. The Hall–Kier alpha value is -2.08. The highest BCUT2D eigenvalue weighted by Crippen LogP contribution is 2.48. The van der Waals surface area contributed by atoms with E-state index in [1.54, 1.807) is 0 Å². The highest BCUT2D eigenvalue weighted by molar-refractivity contribution is 5.78. The van der Waals surface area contributed by atoms with Gasteiger partial charge in [0, 0.05) is 11.8 Å². The molecular weight excluding hydrogens is 300 g/mol. The van der Waals surface area contributed by atoms with Gasteiger partial charge in [0.05, 0.1) is 0 Å². The maximum absolute atomic E-state index is 2.54. The lowest BCUT2D eigenvalue weighted by atomic mass is 9.87. The summed E-state index contributed by atoms with van der Waals surface area (Å²) < 4.78 is 0. The first-order chi connectivity index (χ1) is 12.1. The van der Waals surface area contributed by atoms with E-state index < -0.39 is 0 Å². The Labute approximate surface area is 152 Å². The van der Waals surface area contributed by atoms with Crippen LogP contribution in [-0.2, 0) is 0 Å². The van der Waals surface area contributed by atoms with Gasteiger partial charge in [0.2, 0.25) is 0 Å². The van der Waals surface area contributed by atoms with Crippen molar-refractivity contribution in [1.82, 2.24) is 0 Å². The molecule has 2 aliphatic rings. The van der Waals surface area contributed by atoms with Gasteiger partial charge >= 0.3 is 0 Å². The first kappa shape index (κ1) is 16.4. The zero-order valence-corrected chi connectivity index (χ0v) is 15.8. The molecule has 128 valence electrons. The number of hydrogen-bond acceptors (Lipinski definition) is 0. The molecule has 0 radical (unpaired) electrons. The molecule has 0 heterocycles. The quantitative estimate of drug-likeness (QED) is 0.564. The van der Waals surface area contributed by atoms with Gasteiger partial charge in [-0.3, -0.25) is 0 Å². The third kappa shape index (κ3) is 2.78. The van der Waals surface area contributed by atoms with Gasteiger partial charge in [-0.2, -0.15) is 0 Å². The number of allylic oxidation sites excluding steroid dienone is 4. The maximum atomic E-state index is 2.54. The van der Waals surface area contributed by atoms with Gasteiger partial charge in [-0.15, -0.1) is 0 Å². The Kier molecular flexibility index (Phi) is 4.15. The Morgan fingerprint density at radius 1 is 0.640 bits per heavy atom. The Morgan fingerprint density at radius 3 is 1.44 bits per heavy atom. The van der Waals surface area contributed by atoms with Gasteiger partial charge in [-0.1, -0.05) is 88.4 Å². The van der Waals surface area contributed by atoms with Crippen LogP contribution in [0.4, 0.5) is 0 Å². The van der Waals surface area contributed by atoms with E-state index in [1.165, 1.54) is 39.8 Å². The van der Waals surface area contributed by atoms with Crippen LogP contribution in [0, 0.1) is 11.8 Å². The summed E-state index contributed by atoms with van der Waals surface area (Å²) in [5.74, 6) is 2.25. The van der Waals surface area contributed by atoms with Crippen LogP contribution >= 0.6 is 0 Å². The zero-order valence-electron chi connectivity index (χ0n) is 15.8. The SMILES string of the molecule is CC(C)C1=C[C@@H](C[C@@H]2C=C(C(C)C)c3ccccc32)c2ccccc21. The van der Waals surface area contributed by atoms with E-state index in [9.17, 15) is 0 Å². The van der Waals surface area contributed by atoms with Crippen LogP contribution in [0.15, 0.2) is 60.7 Å². The molecule has 0 heteroatoms. The summed E-state index contributed by atoms with van der Waals surface area (Å²) in [4.78, 5) is 0. The molecule has 2 atom stereocenters. The first-order valence-electron chi connectivity index (χ1n) is 9.68. The minimum atomic E-state index is 0.536. The fourth-order valence-corrected chi connectivity index (χ4v) is 4.63. The van der Waals surface area contributed by atoms with Crippen LogP contribution in [-0.4, -0.2) is 0 Å². The van der Waals surface area contributed by atoms with Gasteiger partial charge < -0.3 is 0 Å². The second kappa shape index (κ2) is 6.33. The predicted molar refractivity (Wildman–Crippen MR) is 109 cm³/mol. The van der Waals surface area contributed by atoms with Crippen LogP contribution in [0.5, 0.6) is 0 Å². The van der Waals surface area contributed by atoms with Crippen LogP contribution in [0.25, 0.3) is 11.1 Å². The van der Waals surface area contributed by atoms with E-state index in [0.29, 0.717) is 23.7 Å². The van der Waals surface area contributed by atoms with Crippen molar-refractivity contribution >= 4 is 11.1 Å². The van der Waals surface area contributed by atoms with Crippen LogP contribution < -0.4 is 0 Å². The van der Waals surface area contributed by atoms with Crippen LogP contribution in [0.3, 0.4) is 0 Å². The number of benzene rings is 2. The molecule has 25 heavy (non-hydrogen) atoms. The van der Waals surface area contributed by atoms with E-state index in [4.69, 9.17) is 0 Å². The van der Waals surface area contributed by atoms with Crippen molar-refractivity contribution in [3.63, 3.8) is 0 Å². The van der Waals surface area contributed by atoms with Gasteiger partial charge in [0.15, 0.2) is 0 Å². The maximum Gasteiger partial charge on any atom is 0.00389 e. The lowest BCUT2D eigenvalue weighted by Gasteiger charge is -2.16. The molecular formula is C25H28. The smallest absolute Gasteiger partial charge is 0.00389 e. The second-order valence-electron chi connectivity index (χ2n) is 8.18. The van der Waals surface area contributed by atoms with E-state index in [0.717, 1.165) is 0 Å². The molecule has 0 fully saturated rings. The normalized spacial score (nSPS) is 21.4. The van der Waals surface area contributed by atoms with Crippen LogP contribution in [0.2, 0.25) is 0 Å². The molecule has 0 N–H and O–H groups in total. The number of rotatable bonds is 4. The molecule has 0 nitrogen and oxygen atoms in total. The molecule has 0 saturated carbocycles. The van der Waals surface area contributed by atoms with Crippen molar-refractivity contribution in [2.45, 2.75) is 46.0 Å². The van der Waals surface area contributed by atoms with Gasteiger partial charge in [0.25, 0.3) is 0 Å². The van der Waals surface area contributed by atoms with Crippen molar-refractivity contribution in [3.05, 3.63) is 82.9 Å². The van der Waals surface area contributed by atoms with Crippen molar-refractivity contribution in [3.8, 4) is 0 Å². The van der Waals surface area contributed by atoms with Gasteiger partial charge in [-0.05, 0) is 51.7 Å². The Balaban J connectivity index is 1.70. The average molecular weight is 328 g/mol. The van der Waals surface area contributed by atoms with Gasteiger partial charge in [0.1, 0.15) is 0 Å². The summed E-state index contributed by atoms with van der Waals surface area (Å²) in [6.07, 6.45) is 6.26. The molecule has 0 amide bonds. The fraction of sp³-hybridized carbons (Fsp3) is 0.360. The third-order valence-electron chi connectivity index (χ3n) is 5.86. The molecule has 0 aliphatic heterocycles. The minimum Gasteiger partial charge on any atom is -0.0729 e. The Bertz CT molecular complexity index is 776. The number of hydrogen-bond donors (Lipinski definition) is 0. The topological polar surface area (TPSA) is 0 Å². The minimum absolute atomic E-state index is 0.536. The predicted octanol–water partition coefficient (Wildman–Crippen LogP) is 7.05. The molecule has 2 aromatic rings. The fourth-order valence-electron chi connectivity index (χ4n) is 4.63. The largest absolute Gasteiger partial charge is 0.0729 e. The molecule has 2 aromatic carbocycles. The Morgan fingerprint density at radius 2 is 1.04 bits per heavy atom. The lowest BCUT2D eigenvalue weighted by molar-refractivity contribution is 0.684. The van der Waals surface area contributed by atoms with E-state index >= 15 is 0 Å². The average Bonchev–Trinajstić information content (AvgIpc) is 3.15. The molecule has 2 aliphatic carbocycles. The highest BCUT2D eigenvalue weighted by atomic mass is 14.3. The second-order valence-corrected chi connectivity index (χ2v) is 8.18. The standard InChI is InChI=1S/C25H28/c1-16(2)24-14-18(20-9-5-7-11-22(20)24)13-19-15-25(17(3)4)23-12-8-6-10-21(19)23/h5-12,14-19H,13H2,1-4H3/t18-,19-/m1/s1. The monoisotopic (exact) mass is 328 g/mol. The molecule has 0 aromatic heterocycles. The summed E-state index contributed by atoms with van der Waals surface area (Å²) in [5, 5.41) is 0. The molecule has 4 rings (SSSR count). The van der Waals surface area contributed by atoms with Gasteiger partial charge in [-0.25, -0.2) is 0 Å². The van der Waals surface area contributed by atoms with Crippen molar-refractivity contribution in [1.29, 1.82) is 0 Å². The highest BCUT2D eigenvalue weighted by Gasteiger charge is 2.30. The van der Waals surface area contributed by atoms with Crippen LogP contribution in [0.1, 0.15) is 68.2 Å². The summed E-state index contributed by atoms with van der Waals surface area (Å²) in [6, 6.07) is 18.0. The lowest BCUT2D eigenvalue weighted by Crippen LogP contribution is -2.00. The molecule has 0 unspecified atom stereocenters. The number of fused-ring (bicyclic) bond motifs is 2. The zero-order chi connectivity index (χ0) is 17.6. The van der Waals surface area contributed by atoms with Crippen molar-refractivity contribution in [2.75, 3.05) is 0 Å². The summed E-state index contributed by atoms with van der Waals surface area (Å²) in [6.45, 7) is 9.25. The van der Waals surface area contributed by atoms with E-state index in [1.807, 2.05) is 0 Å². The van der Waals surface area contributed by atoms with E-state index in [2.05, 4.69) is 88.4 Å². The molecule has 0 spiro atoms. The third-order valence-corrected chi connectivity index (χ3v) is 5.86. The molecule has 0 saturated heterocycles. The van der Waals surface area contributed by atoms with E-state index in [-0.39, 0.29) is 0 Å². The van der Waals surface area contributed by atoms with Crippen molar-refractivity contribution < 1.29 is 0 Å². The summed E-state index contributed by atoms with van der Waals surface area (Å²) in [5.41, 5.74) is 9.05. The first-order valence-corrected chi connectivity index (χ1v) is 9.68. The summed E-state index contributed by atoms with van der Waals surface area (Å²) >= 11 is 0.